The predicted molar refractivity (Wildman–Crippen MR) is 67.4 cm³/mol. The molecule has 1 rings (SSSR count). The Morgan fingerprint density at radius 1 is 1.12 bits per heavy atom. The smallest absolute Gasteiger partial charge is 0.313 e. The van der Waals surface area contributed by atoms with Crippen LogP contribution in [-0.4, -0.2) is 24.4 Å². The molecule has 1 aromatic carbocycles. The van der Waals surface area contributed by atoms with Gasteiger partial charge in [0.2, 0.25) is 0 Å². The zero-order valence-electron chi connectivity index (χ0n) is 9.63. The summed E-state index contributed by atoms with van der Waals surface area (Å²) in [7, 11) is 0. The molecule has 2 amide bonds. The van der Waals surface area contributed by atoms with Gasteiger partial charge in [-0.15, -0.1) is 0 Å². The van der Waals surface area contributed by atoms with Gasteiger partial charge in [-0.3, -0.25) is 9.59 Å². The summed E-state index contributed by atoms with van der Waals surface area (Å²) in [5, 5.41) is 4.63. The first-order valence-electron chi connectivity index (χ1n) is 5.38. The van der Waals surface area contributed by atoms with Gasteiger partial charge in [0.15, 0.2) is 0 Å². The predicted octanol–water partition coefficient (Wildman–Crippen LogP) is 2.06. The molecule has 0 aromatic heterocycles. The number of halogens is 1. The van der Waals surface area contributed by atoms with Gasteiger partial charge in [0.05, 0.1) is 0 Å². The Morgan fingerprint density at radius 3 is 2.29 bits per heavy atom. The van der Waals surface area contributed by atoms with Crippen LogP contribution >= 0.6 is 11.6 Å². The molecule has 17 heavy (non-hydrogen) atoms. The molecule has 5 heteroatoms. The first-order valence-corrected chi connectivity index (χ1v) is 5.75. The van der Waals surface area contributed by atoms with Crippen molar-refractivity contribution in [2.24, 2.45) is 0 Å². The number of amides is 2. The Balaban J connectivity index is 2.25. The second-order valence-corrected chi connectivity index (χ2v) is 4.02. The van der Waals surface area contributed by atoms with Crippen molar-refractivity contribution in [3.05, 3.63) is 35.4 Å². The van der Waals surface area contributed by atoms with Crippen molar-refractivity contribution in [2.45, 2.75) is 13.3 Å². The van der Waals surface area contributed by atoms with Crippen LogP contribution in [0.2, 0.25) is 0 Å². The summed E-state index contributed by atoms with van der Waals surface area (Å²) >= 11 is 5.09. The zero-order valence-corrected chi connectivity index (χ0v) is 10.4. The van der Waals surface area contributed by atoms with Crippen LogP contribution in [0.25, 0.3) is 0 Å². The molecule has 0 saturated heterocycles. The van der Waals surface area contributed by atoms with Crippen molar-refractivity contribution in [3.63, 3.8) is 0 Å². The molecule has 4 nitrogen and oxygen atoms in total. The monoisotopic (exact) mass is 254 g/mol. The van der Waals surface area contributed by atoms with Crippen molar-refractivity contribution in [1.82, 2.24) is 10.6 Å². The molecule has 0 aliphatic carbocycles. The highest BCUT2D eigenvalue weighted by molar-refractivity contribution is 6.62. The minimum atomic E-state index is -0.574. The Labute approximate surface area is 105 Å². The molecule has 2 N–H and O–H groups in total. The summed E-state index contributed by atoms with van der Waals surface area (Å²) in [5.41, 5.74) is 1.75. The molecule has 0 fully saturated rings. The van der Waals surface area contributed by atoms with E-state index in [1.807, 2.05) is 19.1 Å². The molecule has 0 radical (unpaired) electrons. The van der Waals surface area contributed by atoms with Gasteiger partial charge in [0.25, 0.3) is 5.91 Å². The van der Waals surface area contributed by atoms with Gasteiger partial charge < -0.3 is 10.6 Å². The molecule has 0 bridgehead atoms. The quantitative estimate of drug-likeness (QED) is 0.480. The molecule has 0 atom stereocenters. The van der Waals surface area contributed by atoms with E-state index in [4.69, 9.17) is 11.6 Å². The number of carbonyl (C=O) groups is 2. The molecular weight excluding hydrogens is 240 g/mol. The highest BCUT2D eigenvalue weighted by Crippen LogP contribution is 2.02. The average Bonchev–Trinajstić information content (AvgIpc) is 2.29. The minimum Gasteiger partial charge on any atom is -0.352 e. The molecule has 0 spiro atoms. The first kappa shape index (κ1) is 13.5. The molecular formula is C12H15ClN2O2. The number of rotatable bonds is 5. The summed E-state index contributed by atoms with van der Waals surface area (Å²) in [6.07, 6.45) is 0.649. The summed E-state index contributed by atoms with van der Waals surface area (Å²) < 4.78 is 0. The third-order valence-corrected chi connectivity index (χ3v) is 2.35. The summed E-state index contributed by atoms with van der Waals surface area (Å²) in [6.45, 7) is 2.93. The normalized spacial score (nSPS) is 9.76. The van der Waals surface area contributed by atoms with Crippen LogP contribution in [-0.2, 0) is 0 Å². The van der Waals surface area contributed by atoms with Crippen LogP contribution in [0.3, 0.4) is 0 Å². The molecule has 0 aliphatic rings. The third-order valence-electron chi connectivity index (χ3n) is 2.22. The molecule has 0 aliphatic heterocycles. The van der Waals surface area contributed by atoms with Crippen molar-refractivity contribution in [3.8, 4) is 0 Å². The molecule has 0 heterocycles. The lowest BCUT2D eigenvalue weighted by Gasteiger charge is -2.05. The number of aryl methyl sites for hydroxylation is 1. The van der Waals surface area contributed by atoms with E-state index >= 15 is 0 Å². The topological polar surface area (TPSA) is 58.2 Å². The second kappa shape index (κ2) is 6.91. The Kier molecular flexibility index (Phi) is 5.49. The van der Waals surface area contributed by atoms with Crippen molar-refractivity contribution in [2.75, 3.05) is 13.1 Å². The molecule has 1 aromatic rings. The maximum absolute atomic E-state index is 11.6. The summed E-state index contributed by atoms with van der Waals surface area (Å²) in [5.74, 6) is -0.109. The van der Waals surface area contributed by atoms with Gasteiger partial charge in [-0.05, 0) is 37.1 Å². The largest absolute Gasteiger partial charge is 0.352 e. The van der Waals surface area contributed by atoms with Crippen LogP contribution in [0.1, 0.15) is 22.3 Å². The fourth-order valence-electron chi connectivity index (χ4n) is 1.28. The number of carbonyl (C=O) groups excluding carboxylic acids is 2. The van der Waals surface area contributed by atoms with Gasteiger partial charge in [-0.1, -0.05) is 17.7 Å². The Morgan fingerprint density at radius 2 is 1.71 bits per heavy atom. The van der Waals surface area contributed by atoms with E-state index in [2.05, 4.69) is 10.6 Å². The van der Waals surface area contributed by atoms with Gasteiger partial charge in [-0.25, -0.2) is 0 Å². The van der Waals surface area contributed by atoms with E-state index in [1.54, 1.807) is 12.1 Å². The second-order valence-electron chi connectivity index (χ2n) is 3.68. The third kappa shape index (κ3) is 5.36. The average molecular weight is 255 g/mol. The lowest BCUT2D eigenvalue weighted by atomic mass is 10.1. The summed E-state index contributed by atoms with van der Waals surface area (Å²) in [4.78, 5) is 22.0. The maximum atomic E-state index is 11.6. The fraction of sp³-hybridized carbons (Fsp3) is 0.333. The molecule has 0 saturated carbocycles. The molecule has 0 unspecified atom stereocenters. The SMILES string of the molecule is Cc1ccc(C(=O)NCCCNC(=O)Cl)cc1. The number of benzene rings is 1. The van der Waals surface area contributed by atoms with Gasteiger partial charge >= 0.3 is 5.37 Å². The van der Waals surface area contributed by atoms with Crippen LogP contribution < -0.4 is 10.6 Å². The number of nitrogens with one attached hydrogen (secondary N) is 2. The van der Waals surface area contributed by atoms with Crippen molar-refractivity contribution >= 4 is 22.9 Å². The highest BCUT2D eigenvalue weighted by Gasteiger charge is 2.03. The number of hydrogen-bond donors (Lipinski definition) is 2. The first-order chi connectivity index (χ1) is 8.09. The Bertz CT molecular complexity index is 390. The van der Waals surface area contributed by atoms with E-state index in [0.29, 0.717) is 25.1 Å². The maximum Gasteiger partial charge on any atom is 0.313 e. The van der Waals surface area contributed by atoms with Crippen molar-refractivity contribution in [1.29, 1.82) is 0 Å². The van der Waals surface area contributed by atoms with Crippen LogP contribution in [0.4, 0.5) is 4.79 Å². The Hall–Kier alpha value is -1.55. The molecule has 92 valence electrons. The van der Waals surface area contributed by atoms with E-state index in [9.17, 15) is 9.59 Å². The summed E-state index contributed by atoms with van der Waals surface area (Å²) in [6, 6.07) is 7.35. The highest BCUT2D eigenvalue weighted by atomic mass is 35.5. The van der Waals surface area contributed by atoms with Gasteiger partial charge in [0, 0.05) is 18.7 Å². The van der Waals surface area contributed by atoms with Crippen LogP contribution in [0.5, 0.6) is 0 Å². The van der Waals surface area contributed by atoms with E-state index in [1.165, 1.54) is 0 Å². The van der Waals surface area contributed by atoms with Crippen LogP contribution in [0, 0.1) is 6.92 Å². The van der Waals surface area contributed by atoms with E-state index in [-0.39, 0.29) is 5.91 Å². The zero-order chi connectivity index (χ0) is 12.7. The van der Waals surface area contributed by atoms with Crippen molar-refractivity contribution < 1.29 is 9.59 Å². The lowest BCUT2D eigenvalue weighted by Crippen LogP contribution is -2.27. The van der Waals surface area contributed by atoms with Gasteiger partial charge in [-0.2, -0.15) is 0 Å². The standard InChI is InChI=1S/C12H15ClN2O2/c1-9-3-5-10(6-4-9)11(16)14-7-2-8-15-12(13)17/h3-6H,2,7-8H2,1H3,(H,14,16)(H,15,17). The van der Waals surface area contributed by atoms with Crippen LogP contribution in [0.15, 0.2) is 24.3 Å². The van der Waals surface area contributed by atoms with E-state index < -0.39 is 5.37 Å². The number of hydrogen-bond acceptors (Lipinski definition) is 2. The van der Waals surface area contributed by atoms with Gasteiger partial charge in [0.1, 0.15) is 0 Å². The van der Waals surface area contributed by atoms with E-state index in [0.717, 1.165) is 5.56 Å². The fourth-order valence-corrected chi connectivity index (χ4v) is 1.38. The lowest BCUT2D eigenvalue weighted by molar-refractivity contribution is 0.0953. The minimum absolute atomic E-state index is 0.109.